The number of aromatic amines is 1. The van der Waals surface area contributed by atoms with E-state index in [9.17, 15) is 9.90 Å². The number of aryl methyl sites for hydroxylation is 1. The molecule has 1 aliphatic rings. The summed E-state index contributed by atoms with van der Waals surface area (Å²) in [4.78, 5) is 20.7. The van der Waals surface area contributed by atoms with Crippen LogP contribution in [0.2, 0.25) is 0 Å². The van der Waals surface area contributed by atoms with Crippen molar-refractivity contribution >= 4 is 23.0 Å². The number of carboxylic acids is 1. The average molecular weight is 245 g/mol. The maximum Gasteiger partial charge on any atom is 0.326 e. The van der Waals surface area contributed by atoms with Gasteiger partial charge in [-0.2, -0.15) is 0 Å². The fraction of sp³-hybridized carbons (Fsp3) is 0.385. The smallest absolute Gasteiger partial charge is 0.326 e. The zero-order valence-electron chi connectivity index (χ0n) is 10.2. The van der Waals surface area contributed by atoms with Gasteiger partial charge < -0.3 is 15.0 Å². The first-order chi connectivity index (χ1) is 8.65. The molecule has 0 spiro atoms. The Morgan fingerprint density at radius 1 is 1.56 bits per heavy atom. The van der Waals surface area contributed by atoms with Gasteiger partial charge in [-0.05, 0) is 37.5 Å². The molecule has 1 atom stereocenters. The van der Waals surface area contributed by atoms with Crippen LogP contribution >= 0.6 is 0 Å². The van der Waals surface area contributed by atoms with E-state index in [4.69, 9.17) is 0 Å². The molecule has 5 heteroatoms. The molecule has 1 aromatic heterocycles. The average Bonchev–Trinajstić information content (AvgIpc) is 2.93. The molecule has 2 aromatic rings. The lowest BCUT2D eigenvalue weighted by Gasteiger charge is -2.19. The van der Waals surface area contributed by atoms with E-state index in [1.54, 1.807) is 0 Å². The first-order valence-electron chi connectivity index (χ1n) is 6.11. The highest BCUT2D eigenvalue weighted by molar-refractivity contribution is 5.81. The Morgan fingerprint density at radius 2 is 2.39 bits per heavy atom. The Kier molecular flexibility index (Phi) is 2.47. The third-order valence-electron chi connectivity index (χ3n) is 3.43. The number of carbonyl (C=O) groups is 1. The second kappa shape index (κ2) is 4.01. The van der Waals surface area contributed by atoms with Crippen LogP contribution in [0.25, 0.3) is 11.0 Å². The fourth-order valence-corrected chi connectivity index (χ4v) is 2.52. The van der Waals surface area contributed by atoms with Crippen LogP contribution in [0.5, 0.6) is 0 Å². The molecule has 94 valence electrons. The number of nitrogens with one attached hydrogen (secondary N) is 1. The van der Waals surface area contributed by atoms with Crippen LogP contribution in [0.1, 0.15) is 18.4 Å². The van der Waals surface area contributed by atoms with Gasteiger partial charge >= 0.3 is 5.97 Å². The van der Waals surface area contributed by atoms with Crippen LogP contribution in [0.4, 0.5) is 5.95 Å². The number of benzene rings is 1. The fourth-order valence-electron chi connectivity index (χ4n) is 2.52. The minimum Gasteiger partial charge on any atom is -0.480 e. The number of hydrogen-bond donors (Lipinski definition) is 2. The monoisotopic (exact) mass is 245 g/mol. The number of aromatic nitrogens is 2. The molecule has 2 heterocycles. The second-order valence-corrected chi connectivity index (χ2v) is 4.77. The minimum absolute atomic E-state index is 0.452. The summed E-state index contributed by atoms with van der Waals surface area (Å²) in [5.74, 6) is -0.107. The van der Waals surface area contributed by atoms with Gasteiger partial charge in [-0.3, -0.25) is 0 Å². The Morgan fingerprint density at radius 3 is 3.17 bits per heavy atom. The Balaban J connectivity index is 2.01. The summed E-state index contributed by atoms with van der Waals surface area (Å²) in [6, 6.07) is 5.53. The normalized spacial score (nSPS) is 19.6. The molecule has 0 radical (unpaired) electrons. The highest BCUT2D eigenvalue weighted by atomic mass is 16.4. The standard InChI is InChI=1S/C13H15N3O2/c1-8-4-5-9-10(7-8)15-13(14-9)16-6-2-3-11(16)12(17)18/h4-5,7,11H,2-3,6H2,1H3,(H,14,15)(H,17,18). The maximum absolute atomic E-state index is 11.2. The highest BCUT2D eigenvalue weighted by Gasteiger charge is 2.32. The van der Waals surface area contributed by atoms with E-state index in [0.717, 1.165) is 29.6 Å². The number of nitrogens with zero attached hydrogens (tertiary/aromatic N) is 2. The number of aliphatic carboxylic acids is 1. The van der Waals surface area contributed by atoms with Gasteiger partial charge in [-0.1, -0.05) is 6.07 Å². The van der Waals surface area contributed by atoms with Gasteiger partial charge in [0, 0.05) is 6.54 Å². The topological polar surface area (TPSA) is 69.2 Å². The van der Waals surface area contributed by atoms with Gasteiger partial charge in [-0.25, -0.2) is 9.78 Å². The molecule has 1 aliphatic heterocycles. The number of carboxylic acid groups (broad SMARTS) is 1. The SMILES string of the molecule is Cc1ccc2nc(N3CCCC3C(=O)O)[nH]c2c1. The molecule has 0 aliphatic carbocycles. The minimum atomic E-state index is -0.774. The van der Waals surface area contributed by atoms with Crippen molar-refractivity contribution in [1.29, 1.82) is 0 Å². The summed E-state index contributed by atoms with van der Waals surface area (Å²) in [5, 5.41) is 9.18. The maximum atomic E-state index is 11.2. The summed E-state index contributed by atoms with van der Waals surface area (Å²) < 4.78 is 0. The van der Waals surface area contributed by atoms with Gasteiger partial charge in [0.2, 0.25) is 5.95 Å². The molecule has 0 bridgehead atoms. The van der Waals surface area contributed by atoms with E-state index in [0.29, 0.717) is 12.4 Å². The van der Waals surface area contributed by atoms with Crippen LogP contribution in [-0.4, -0.2) is 33.6 Å². The first-order valence-corrected chi connectivity index (χ1v) is 6.11. The van der Waals surface area contributed by atoms with Crippen LogP contribution in [0.15, 0.2) is 18.2 Å². The molecule has 18 heavy (non-hydrogen) atoms. The number of imidazole rings is 1. The van der Waals surface area contributed by atoms with Gasteiger partial charge in [-0.15, -0.1) is 0 Å². The van der Waals surface area contributed by atoms with E-state index in [1.165, 1.54) is 0 Å². The van der Waals surface area contributed by atoms with E-state index >= 15 is 0 Å². The lowest BCUT2D eigenvalue weighted by molar-refractivity contribution is -0.138. The van der Waals surface area contributed by atoms with Crippen molar-refractivity contribution in [3.8, 4) is 0 Å². The van der Waals surface area contributed by atoms with Gasteiger partial charge in [0.1, 0.15) is 6.04 Å². The Labute approximate surface area is 104 Å². The molecule has 1 saturated heterocycles. The number of H-pyrrole nitrogens is 1. The number of anilines is 1. The van der Waals surface area contributed by atoms with E-state index in [2.05, 4.69) is 9.97 Å². The van der Waals surface area contributed by atoms with Gasteiger partial charge in [0.25, 0.3) is 0 Å². The lowest BCUT2D eigenvalue weighted by atomic mass is 10.2. The Bertz CT molecular complexity index is 605. The predicted molar refractivity (Wildman–Crippen MR) is 68.8 cm³/mol. The summed E-state index contributed by atoms with van der Waals surface area (Å²) >= 11 is 0. The van der Waals surface area contributed by atoms with Gasteiger partial charge in [0.05, 0.1) is 11.0 Å². The van der Waals surface area contributed by atoms with Crippen molar-refractivity contribution in [2.45, 2.75) is 25.8 Å². The second-order valence-electron chi connectivity index (χ2n) is 4.77. The molecule has 2 N–H and O–H groups in total. The molecule has 0 amide bonds. The molecule has 1 fully saturated rings. The summed E-state index contributed by atoms with van der Waals surface area (Å²) in [5.41, 5.74) is 3.00. The molecule has 5 nitrogen and oxygen atoms in total. The Hall–Kier alpha value is -2.04. The van der Waals surface area contributed by atoms with Crippen LogP contribution < -0.4 is 4.90 Å². The third-order valence-corrected chi connectivity index (χ3v) is 3.43. The van der Waals surface area contributed by atoms with E-state index < -0.39 is 12.0 Å². The molecule has 3 rings (SSSR count). The summed E-state index contributed by atoms with van der Waals surface area (Å²) in [7, 11) is 0. The quantitative estimate of drug-likeness (QED) is 0.848. The predicted octanol–water partition coefficient (Wildman–Crippen LogP) is 1.92. The van der Waals surface area contributed by atoms with Crippen molar-refractivity contribution in [2.75, 3.05) is 11.4 Å². The van der Waals surface area contributed by atoms with Crippen molar-refractivity contribution in [2.24, 2.45) is 0 Å². The summed E-state index contributed by atoms with van der Waals surface area (Å²) in [6.45, 7) is 2.77. The van der Waals surface area contributed by atoms with Crippen molar-refractivity contribution < 1.29 is 9.90 Å². The van der Waals surface area contributed by atoms with Gasteiger partial charge in [0.15, 0.2) is 0 Å². The number of fused-ring (bicyclic) bond motifs is 1. The highest BCUT2D eigenvalue weighted by Crippen LogP contribution is 2.25. The lowest BCUT2D eigenvalue weighted by Crippen LogP contribution is -2.36. The zero-order chi connectivity index (χ0) is 12.7. The molecule has 1 aromatic carbocycles. The zero-order valence-corrected chi connectivity index (χ0v) is 10.2. The van der Waals surface area contributed by atoms with E-state index in [-0.39, 0.29) is 0 Å². The van der Waals surface area contributed by atoms with Crippen molar-refractivity contribution in [3.05, 3.63) is 23.8 Å². The van der Waals surface area contributed by atoms with Crippen LogP contribution in [-0.2, 0) is 4.79 Å². The van der Waals surface area contributed by atoms with Crippen molar-refractivity contribution in [3.63, 3.8) is 0 Å². The molecular weight excluding hydrogens is 230 g/mol. The summed E-state index contributed by atoms with van der Waals surface area (Å²) in [6.07, 6.45) is 1.58. The molecule has 0 saturated carbocycles. The van der Waals surface area contributed by atoms with Crippen LogP contribution in [0, 0.1) is 6.92 Å². The largest absolute Gasteiger partial charge is 0.480 e. The first kappa shape index (κ1) is 11.1. The number of rotatable bonds is 2. The third kappa shape index (κ3) is 1.72. The van der Waals surface area contributed by atoms with Crippen molar-refractivity contribution in [1.82, 2.24) is 9.97 Å². The molecule has 1 unspecified atom stereocenters. The van der Waals surface area contributed by atoms with Crippen LogP contribution in [0.3, 0.4) is 0 Å². The number of hydrogen-bond acceptors (Lipinski definition) is 3. The molecular formula is C13H15N3O2. The van der Waals surface area contributed by atoms with E-state index in [1.807, 2.05) is 30.0 Å².